The molecule has 0 saturated carbocycles. The van der Waals surface area contributed by atoms with Gasteiger partial charge in [-0.25, -0.2) is 0 Å². The summed E-state index contributed by atoms with van der Waals surface area (Å²) in [6, 6.07) is 1.72. The molecule has 7 nitrogen and oxygen atoms in total. The van der Waals surface area contributed by atoms with Crippen molar-refractivity contribution < 1.29 is 19.1 Å². The number of aromatic nitrogens is 2. The molecule has 0 aromatic carbocycles. The number of hydrogen-bond acceptors (Lipinski definition) is 5. The summed E-state index contributed by atoms with van der Waals surface area (Å²) in [7, 11) is 4.61. The third kappa shape index (κ3) is 4.34. The van der Waals surface area contributed by atoms with Crippen LogP contribution in [0.1, 0.15) is 22.6 Å². The Labute approximate surface area is 118 Å². The van der Waals surface area contributed by atoms with Crippen LogP contribution in [0.15, 0.2) is 6.07 Å². The van der Waals surface area contributed by atoms with Gasteiger partial charge in [-0.1, -0.05) is 0 Å². The fourth-order valence-corrected chi connectivity index (χ4v) is 1.82. The van der Waals surface area contributed by atoms with Gasteiger partial charge >= 0.3 is 5.97 Å². The Morgan fingerprint density at radius 2 is 2.05 bits per heavy atom. The molecule has 0 aliphatic heterocycles. The van der Waals surface area contributed by atoms with Gasteiger partial charge in [-0.05, 0) is 13.0 Å². The van der Waals surface area contributed by atoms with Crippen molar-refractivity contribution in [3.8, 4) is 0 Å². The monoisotopic (exact) mass is 283 g/mol. The van der Waals surface area contributed by atoms with Crippen molar-refractivity contribution in [3.63, 3.8) is 0 Å². The normalized spacial score (nSPS) is 10.4. The van der Waals surface area contributed by atoms with Crippen molar-refractivity contribution in [2.75, 3.05) is 33.9 Å². The number of nitrogens with zero attached hydrogens (tertiary/aromatic N) is 3. The van der Waals surface area contributed by atoms with Crippen LogP contribution in [0.2, 0.25) is 0 Å². The first-order valence-electron chi connectivity index (χ1n) is 6.35. The number of methoxy groups -OCH3 is 2. The van der Waals surface area contributed by atoms with E-state index in [-0.39, 0.29) is 18.3 Å². The molecule has 1 amide bonds. The van der Waals surface area contributed by atoms with Crippen LogP contribution in [-0.2, 0) is 21.3 Å². The van der Waals surface area contributed by atoms with E-state index in [1.54, 1.807) is 25.1 Å². The molecule has 0 atom stereocenters. The summed E-state index contributed by atoms with van der Waals surface area (Å²) in [4.78, 5) is 25.2. The van der Waals surface area contributed by atoms with Crippen LogP contribution < -0.4 is 0 Å². The molecule has 0 aliphatic carbocycles. The van der Waals surface area contributed by atoms with E-state index in [9.17, 15) is 9.59 Å². The number of hydrogen-bond donors (Lipinski definition) is 0. The minimum Gasteiger partial charge on any atom is -0.469 e. The summed E-state index contributed by atoms with van der Waals surface area (Å²) < 4.78 is 11.1. The van der Waals surface area contributed by atoms with Crippen LogP contribution in [0.4, 0.5) is 0 Å². The van der Waals surface area contributed by atoms with Gasteiger partial charge in [0.05, 0.1) is 25.8 Å². The van der Waals surface area contributed by atoms with Crippen LogP contribution in [0, 0.1) is 6.92 Å². The maximum atomic E-state index is 12.4. The minimum atomic E-state index is -0.346. The lowest BCUT2D eigenvalue weighted by Gasteiger charge is -2.21. The molecule has 1 heterocycles. The minimum absolute atomic E-state index is 0.156. The summed E-state index contributed by atoms with van der Waals surface area (Å²) in [5.41, 5.74) is 1.26. The fraction of sp³-hybridized carbons (Fsp3) is 0.615. The second kappa shape index (κ2) is 7.64. The van der Waals surface area contributed by atoms with Crippen LogP contribution in [0.25, 0.3) is 0 Å². The van der Waals surface area contributed by atoms with Gasteiger partial charge in [0, 0.05) is 27.2 Å². The Morgan fingerprint density at radius 1 is 1.35 bits per heavy atom. The topological polar surface area (TPSA) is 73.7 Å². The van der Waals surface area contributed by atoms with E-state index in [2.05, 4.69) is 9.84 Å². The van der Waals surface area contributed by atoms with Gasteiger partial charge in [-0.3, -0.25) is 14.3 Å². The van der Waals surface area contributed by atoms with Gasteiger partial charge in [-0.15, -0.1) is 0 Å². The molecule has 7 heteroatoms. The average Bonchev–Trinajstić information content (AvgIpc) is 2.76. The molecular weight excluding hydrogens is 262 g/mol. The van der Waals surface area contributed by atoms with Crippen molar-refractivity contribution >= 4 is 11.9 Å². The largest absolute Gasteiger partial charge is 0.469 e. The number of amides is 1. The highest BCUT2D eigenvalue weighted by molar-refractivity contribution is 5.93. The number of carbonyl (C=O) groups excluding carboxylic acids is 2. The molecule has 0 aliphatic rings. The number of ether oxygens (including phenoxy) is 2. The predicted molar refractivity (Wildman–Crippen MR) is 72.4 cm³/mol. The van der Waals surface area contributed by atoms with Crippen LogP contribution in [0.3, 0.4) is 0 Å². The van der Waals surface area contributed by atoms with Gasteiger partial charge in [0.1, 0.15) is 5.69 Å². The first kappa shape index (κ1) is 16.2. The zero-order valence-corrected chi connectivity index (χ0v) is 12.4. The van der Waals surface area contributed by atoms with Crippen molar-refractivity contribution in [1.29, 1.82) is 0 Å². The molecule has 0 unspecified atom stereocenters. The first-order valence-corrected chi connectivity index (χ1v) is 6.35. The van der Waals surface area contributed by atoms with Crippen molar-refractivity contribution in [2.45, 2.75) is 13.3 Å². The standard InChI is InChI=1S/C13H21N3O4/c1-10-9-11(15(2)14-10)13(18)16(7-8-19-3)6-5-12(17)20-4/h9H,5-8H2,1-4H3. The summed E-state index contributed by atoms with van der Waals surface area (Å²) in [5, 5.41) is 4.15. The third-order valence-electron chi connectivity index (χ3n) is 2.89. The molecule has 0 spiro atoms. The number of aryl methyl sites for hydroxylation is 2. The molecule has 0 saturated heterocycles. The van der Waals surface area contributed by atoms with Crippen molar-refractivity contribution in [2.24, 2.45) is 7.05 Å². The van der Waals surface area contributed by atoms with Gasteiger partial charge in [0.2, 0.25) is 0 Å². The van der Waals surface area contributed by atoms with Crippen LogP contribution in [-0.4, -0.2) is 60.5 Å². The summed E-state index contributed by atoms with van der Waals surface area (Å²) in [6.45, 7) is 2.93. The second-order valence-corrected chi connectivity index (χ2v) is 4.41. The Bertz CT molecular complexity index is 470. The third-order valence-corrected chi connectivity index (χ3v) is 2.89. The summed E-state index contributed by atoms with van der Waals surface area (Å²) in [6.07, 6.45) is 0.156. The zero-order valence-electron chi connectivity index (χ0n) is 12.4. The van der Waals surface area contributed by atoms with E-state index >= 15 is 0 Å². The van der Waals surface area contributed by atoms with Gasteiger partial charge in [-0.2, -0.15) is 5.10 Å². The molecular formula is C13H21N3O4. The van der Waals surface area contributed by atoms with E-state index in [1.807, 2.05) is 6.92 Å². The molecule has 0 fully saturated rings. The quantitative estimate of drug-likeness (QED) is 0.676. The molecule has 20 heavy (non-hydrogen) atoms. The first-order chi connectivity index (χ1) is 9.49. The summed E-state index contributed by atoms with van der Waals surface area (Å²) in [5.74, 6) is -0.518. The molecule has 1 aromatic rings. The van der Waals surface area contributed by atoms with E-state index in [1.165, 1.54) is 11.8 Å². The lowest BCUT2D eigenvalue weighted by Crippen LogP contribution is -2.36. The molecule has 0 radical (unpaired) electrons. The van der Waals surface area contributed by atoms with Crippen molar-refractivity contribution in [3.05, 3.63) is 17.5 Å². The Hall–Kier alpha value is -1.89. The smallest absolute Gasteiger partial charge is 0.307 e. The highest BCUT2D eigenvalue weighted by Gasteiger charge is 2.20. The summed E-state index contributed by atoms with van der Waals surface area (Å²) >= 11 is 0. The van der Waals surface area contributed by atoms with Gasteiger partial charge in [0.15, 0.2) is 0 Å². The number of carbonyl (C=O) groups is 2. The number of esters is 1. The van der Waals surface area contributed by atoms with E-state index in [0.29, 0.717) is 25.4 Å². The van der Waals surface area contributed by atoms with Crippen molar-refractivity contribution in [1.82, 2.24) is 14.7 Å². The Morgan fingerprint density at radius 3 is 2.55 bits per heavy atom. The Kier molecular flexibility index (Phi) is 6.17. The average molecular weight is 283 g/mol. The molecule has 0 bridgehead atoms. The lowest BCUT2D eigenvalue weighted by atomic mass is 10.3. The molecule has 112 valence electrons. The van der Waals surface area contributed by atoms with E-state index in [0.717, 1.165) is 5.69 Å². The molecule has 1 aromatic heterocycles. The van der Waals surface area contributed by atoms with E-state index in [4.69, 9.17) is 4.74 Å². The fourth-order valence-electron chi connectivity index (χ4n) is 1.82. The zero-order chi connectivity index (χ0) is 15.1. The Balaban J connectivity index is 2.78. The van der Waals surface area contributed by atoms with Gasteiger partial charge in [0.25, 0.3) is 5.91 Å². The maximum absolute atomic E-state index is 12.4. The highest BCUT2D eigenvalue weighted by atomic mass is 16.5. The van der Waals surface area contributed by atoms with E-state index < -0.39 is 0 Å². The van der Waals surface area contributed by atoms with Crippen LogP contribution >= 0.6 is 0 Å². The predicted octanol–water partition coefficient (Wildman–Crippen LogP) is 0.380. The van der Waals surface area contributed by atoms with Gasteiger partial charge < -0.3 is 14.4 Å². The SMILES string of the molecule is COCCN(CCC(=O)OC)C(=O)c1cc(C)nn1C. The van der Waals surface area contributed by atoms with Crippen LogP contribution in [0.5, 0.6) is 0 Å². The maximum Gasteiger partial charge on any atom is 0.307 e. The molecule has 1 rings (SSSR count). The lowest BCUT2D eigenvalue weighted by molar-refractivity contribution is -0.140. The highest BCUT2D eigenvalue weighted by Crippen LogP contribution is 2.07. The second-order valence-electron chi connectivity index (χ2n) is 4.41. The molecule has 0 N–H and O–H groups in total. The number of rotatable bonds is 7.